The lowest BCUT2D eigenvalue weighted by atomic mass is 9.83. The van der Waals surface area contributed by atoms with Gasteiger partial charge in [0.25, 0.3) is 17.7 Å². The van der Waals surface area contributed by atoms with Crippen molar-refractivity contribution in [2.45, 2.75) is 80.3 Å². The second-order valence-corrected chi connectivity index (χ2v) is 21.0. The maximum Gasteiger partial charge on any atom is 0.252 e. The molecular weight excluding hydrogens is 1030 g/mol. The molecule has 0 aliphatic carbocycles. The lowest BCUT2D eigenvalue weighted by Crippen LogP contribution is -2.57. The van der Waals surface area contributed by atoms with Crippen LogP contribution in [0.15, 0.2) is 164 Å². The molecule has 0 saturated carbocycles. The van der Waals surface area contributed by atoms with Crippen molar-refractivity contribution in [3.8, 4) is 0 Å². The van der Waals surface area contributed by atoms with Crippen LogP contribution in [0.25, 0.3) is 32.7 Å². The normalized spacial score (nSPS) is 13.8. The van der Waals surface area contributed by atoms with Gasteiger partial charge in [0, 0.05) is 91.0 Å². The molecule has 0 aliphatic rings. The van der Waals surface area contributed by atoms with Gasteiger partial charge in [0.1, 0.15) is 0 Å². The number of nitrogens with two attached hydrogens (primary N) is 6. The van der Waals surface area contributed by atoms with E-state index in [1.807, 2.05) is 54.6 Å². The molecule has 9 aromatic rings. The average Bonchev–Trinajstić information content (AvgIpc) is 4.46. The second-order valence-electron chi connectivity index (χ2n) is 21.0. The maximum atomic E-state index is 14.3. The summed E-state index contributed by atoms with van der Waals surface area (Å²) in [6, 6.07) is 42.6. The van der Waals surface area contributed by atoms with Crippen molar-refractivity contribution in [3.05, 3.63) is 198 Å². The first-order chi connectivity index (χ1) is 39.6. The summed E-state index contributed by atoms with van der Waals surface area (Å²) in [5, 5.41) is 10.7. The van der Waals surface area contributed by atoms with Gasteiger partial charge in [0.2, 0.25) is 0 Å². The van der Waals surface area contributed by atoms with Crippen molar-refractivity contribution in [2.24, 2.45) is 34.4 Å². The monoisotopic (exact) mass is 1100 g/mol. The summed E-state index contributed by atoms with van der Waals surface area (Å²) in [6.45, 7) is 1.10. The van der Waals surface area contributed by atoms with E-state index in [1.165, 1.54) is 0 Å². The summed E-state index contributed by atoms with van der Waals surface area (Å²) in [4.78, 5) is 95.4. The van der Waals surface area contributed by atoms with Crippen LogP contribution in [0, 0.1) is 0 Å². The highest BCUT2D eigenvalue weighted by Gasteiger charge is 2.45. The van der Waals surface area contributed by atoms with Gasteiger partial charge in [0.05, 0.1) is 0 Å². The molecule has 3 heterocycles. The van der Waals surface area contributed by atoms with E-state index >= 15 is 0 Å². The Morgan fingerprint density at radius 2 is 0.634 bits per heavy atom. The number of Topliss-reactive ketones (excluding diaryl/α,β-unsaturated/α-hetero) is 3. The quantitative estimate of drug-likeness (QED) is 0.0100. The Bertz CT molecular complexity index is 3370. The summed E-state index contributed by atoms with van der Waals surface area (Å²) >= 11 is 0. The van der Waals surface area contributed by atoms with E-state index < -0.39 is 57.6 Å². The van der Waals surface area contributed by atoms with Gasteiger partial charge in [-0.15, -0.1) is 0 Å². The molecule has 9 rings (SSSR count). The molecule has 18 nitrogen and oxygen atoms in total. The Balaban J connectivity index is 1.01. The average molecular weight is 1100 g/mol. The first-order valence-corrected chi connectivity index (χ1v) is 27.7. The number of amides is 3. The summed E-state index contributed by atoms with van der Waals surface area (Å²) in [5.74, 6) is -4.05. The largest absolute Gasteiger partial charge is 0.361 e. The van der Waals surface area contributed by atoms with Gasteiger partial charge in [-0.05, 0) is 167 Å². The molecule has 6 aromatic carbocycles. The Morgan fingerprint density at radius 1 is 0.366 bits per heavy atom. The van der Waals surface area contributed by atoms with Gasteiger partial charge in [-0.3, -0.25) is 28.8 Å². The minimum Gasteiger partial charge on any atom is -0.361 e. The number of aromatic amines is 3. The zero-order chi connectivity index (χ0) is 58.0. The summed E-state index contributed by atoms with van der Waals surface area (Å²) in [5.41, 5.74) is 39.0. The number of aromatic nitrogens is 3. The van der Waals surface area contributed by atoms with Gasteiger partial charge < -0.3 is 65.3 Å². The van der Waals surface area contributed by atoms with E-state index in [1.54, 1.807) is 110 Å². The number of carbonyl (C=O) groups excluding carboxylic acids is 6. The van der Waals surface area contributed by atoms with Crippen LogP contribution < -0.4 is 50.4 Å². The van der Waals surface area contributed by atoms with E-state index in [9.17, 15) is 28.8 Å². The van der Waals surface area contributed by atoms with Crippen molar-refractivity contribution < 1.29 is 28.8 Å². The molecule has 3 aromatic heterocycles. The topological polar surface area (TPSA) is 342 Å². The molecule has 0 bridgehead atoms. The van der Waals surface area contributed by atoms with Crippen LogP contribution in [-0.4, -0.2) is 86.3 Å². The van der Waals surface area contributed by atoms with Crippen LogP contribution in [0.2, 0.25) is 0 Å². The molecule has 3 amide bonds. The first kappa shape index (κ1) is 57.8. The third kappa shape index (κ3) is 11.9. The van der Waals surface area contributed by atoms with Crippen molar-refractivity contribution in [1.29, 1.82) is 0 Å². The molecule has 0 unspecified atom stereocenters. The van der Waals surface area contributed by atoms with E-state index in [-0.39, 0.29) is 19.3 Å². The summed E-state index contributed by atoms with van der Waals surface area (Å²) in [7, 11) is 0. The number of unbranched alkanes of at least 4 members (excludes halogenated alkanes) is 3. The van der Waals surface area contributed by atoms with Gasteiger partial charge >= 0.3 is 0 Å². The highest BCUT2D eigenvalue weighted by Crippen LogP contribution is 2.36. The van der Waals surface area contributed by atoms with Gasteiger partial charge in [-0.2, -0.15) is 0 Å². The van der Waals surface area contributed by atoms with Crippen molar-refractivity contribution in [3.63, 3.8) is 0 Å². The van der Waals surface area contributed by atoms with Gasteiger partial charge in [0.15, 0.2) is 34.0 Å². The van der Waals surface area contributed by atoms with Crippen LogP contribution in [0.1, 0.15) is 111 Å². The zero-order valence-corrected chi connectivity index (χ0v) is 45.6. The molecule has 82 heavy (non-hydrogen) atoms. The van der Waals surface area contributed by atoms with E-state index in [4.69, 9.17) is 34.4 Å². The third-order valence-corrected chi connectivity index (χ3v) is 15.5. The highest BCUT2D eigenvalue weighted by molar-refractivity contribution is 6.26. The molecule has 422 valence electrons. The van der Waals surface area contributed by atoms with Crippen LogP contribution in [-0.2, 0) is 14.4 Å². The Hall–Kier alpha value is -8.88. The predicted octanol–water partition coefficient (Wildman–Crippen LogP) is 8.25. The number of benzene rings is 6. The fraction of sp³-hybridized carbons (Fsp3) is 0.250. The first-order valence-electron chi connectivity index (χ1n) is 27.7. The number of anilines is 3. The molecule has 0 radical (unpaired) electrons. The Kier molecular flexibility index (Phi) is 17.8. The highest BCUT2D eigenvalue weighted by atomic mass is 16.2. The van der Waals surface area contributed by atoms with Crippen LogP contribution >= 0.6 is 0 Å². The number of rotatable bonds is 27. The number of nitrogens with one attached hydrogen (secondary N) is 6. The van der Waals surface area contributed by atoms with Crippen molar-refractivity contribution >= 4 is 84.8 Å². The summed E-state index contributed by atoms with van der Waals surface area (Å²) in [6.07, 6.45) is 8.38. The molecule has 0 aliphatic heterocycles. The number of hydrogen-bond acceptors (Lipinski definition) is 12. The summed E-state index contributed by atoms with van der Waals surface area (Å²) < 4.78 is 0. The molecule has 0 spiro atoms. The molecule has 18 N–H and O–H groups in total. The fourth-order valence-electron chi connectivity index (χ4n) is 10.8. The lowest BCUT2D eigenvalue weighted by Gasteiger charge is -2.28. The van der Waals surface area contributed by atoms with Crippen molar-refractivity contribution in [2.75, 3.05) is 35.6 Å². The number of H-pyrrole nitrogens is 3. The third-order valence-electron chi connectivity index (χ3n) is 15.5. The minimum atomic E-state index is -1.92. The van der Waals surface area contributed by atoms with E-state index in [2.05, 4.69) is 30.9 Å². The standard InChI is InChI=1S/C64H70N12O6/c65-34-4-1-31-62(68,56(77)49-10-7-13-52-46(49)28-37-71-52)59(80)74-43-22-16-40(17-23-43)55(41-18-24-44(25-19-41)75-60(81)63(69,32-2-5-35-66)57(78)50-11-8-14-53-47(50)29-38-72-53)42-20-26-45(27-21-42)76-61(82)64(70,33-3-6-36-67)58(79)51-12-9-15-54-48(51)30-39-73-54/h7-30,37-39,55,71-73H,1-6,31-36,65-70H2,(H,74,80)(H,75,81)(H,76,82)/t62-,63-,64-/m0/s1. The van der Waals surface area contributed by atoms with Crippen LogP contribution in [0.5, 0.6) is 0 Å². The van der Waals surface area contributed by atoms with Gasteiger partial charge in [-0.25, -0.2) is 0 Å². The number of ketones is 3. The molecule has 3 atom stereocenters. The minimum absolute atomic E-state index is 0.0602. The van der Waals surface area contributed by atoms with Crippen LogP contribution in [0.4, 0.5) is 17.1 Å². The number of carbonyl (C=O) groups is 6. The molecule has 0 saturated heterocycles. The molecule has 18 heteroatoms. The number of fused-ring (bicyclic) bond motifs is 3. The van der Waals surface area contributed by atoms with E-state index in [0.29, 0.717) is 108 Å². The SMILES string of the molecule is NCCCC[C@@](N)(C(=O)Nc1ccc(C(c2ccc(NC(=O)[C@](N)(CCCCN)C(=O)c3cccc4[nH]ccc34)cc2)c2ccc(NC(=O)[C@](N)(CCCCN)C(=O)c3cccc4[nH]ccc34)cc2)cc1)C(=O)c1cccc2[nH]ccc12. The fourth-order valence-corrected chi connectivity index (χ4v) is 10.8. The van der Waals surface area contributed by atoms with E-state index in [0.717, 1.165) is 33.2 Å². The van der Waals surface area contributed by atoms with Crippen LogP contribution in [0.3, 0.4) is 0 Å². The lowest BCUT2D eigenvalue weighted by molar-refractivity contribution is -0.120. The molecular formula is C64H70N12O6. The maximum absolute atomic E-state index is 14.3. The predicted molar refractivity (Wildman–Crippen MR) is 324 cm³/mol. The molecule has 0 fully saturated rings. The van der Waals surface area contributed by atoms with Crippen molar-refractivity contribution in [1.82, 2.24) is 15.0 Å². The van der Waals surface area contributed by atoms with Gasteiger partial charge in [-0.1, -0.05) is 72.8 Å². The number of hydrogen-bond donors (Lipinski definition) is 12. The second kappa shape index (κ2) is 25.3. The smallest absolute Gasteiger partial charge is 0.252 e. The zero-order valence-electron chi connectivity index (χ0n) is 45.6. The Labute approximate surface area is 474 Å². The Morgan fingerprint density at radius 3 is 0.890 bits per heavy atom.